The first-order chi connectivity index (χ1) is 13.2. The van der Waals surface area contributed by atoms with E-state index in [9.17, 15) is 24.0 Å². The van der Waals surface area contributed by atoms with Crippen LogP contribution in [0.25, 0.3) is 0 Å². The highest BCUT2D eigenvalue weighted by molar-refractivity contribution is 8.00. The molecule has 0 aromatic heterocycles. The average molecular weight is 410 g/mol. The lowest BCUT2D eigenvalue weighted by atomic mass is 10.1. The van der Waals surface area contributed by atoms with Crippen molar-refractivity contribution < 1.29 is 43.7 Å². The van der Waals surface area contributed by atoms with Crippen molar-refractivity contribution in [1.82, 2.24) is 0 Å². The van der Waals surface area contributed by atoms with Crippen molar-refractivity contribution >= 4 is 41.6 Å². The number of thioether (sulfide) groups is 1. The number of carboxylic acid groups (broad SMARTS) is 2. The molecule has 1 aromatic carbocycles. The molecular weight excluding hydrogens is 392 g/mol. The normalized spacial score (nSPS) is 14.8. The van der Waals surface area contributed by atoms with Gasteiger partial charge in [-0.3, -0.25) is 9.59 Å². The molecule has 2 unspecified atom stereocenters. The smallest absolute Gasteiger partial charge is 0.346 e. The minimum Gasteiger partial charge on any atom is -0.481 e. The van der Waals surface area contributed by atoms with Crippen LogP contribution in [0.5, 0.6) is 0 Å². The van der Waals surface area contributed by atoms with Crippen LogP contribution in [0.15, 0.2) is 18.2 Å². The van der Waals surface area contributed by atoms with Gasteiger partial charge in [0.15, 0.2) is 0 Å². The third-order valence-electron chi connectivity index (χ3n) is 4.00. The summed E-state index contributed by atoms with van der Waals surface area (Å²) < 4.78 is 9.85. The van der Waals surface area contributed by atoms with Gasteiger partial charge in [-0.25, -0.2) is 14.4 Å². The van der Waals surface area contributed by atoms with Gasteiger partial charge in [0.25, 0.3) is 0 Å². The summed E-state index contributed by atoms with van der Waals surface area (Å²) in [6, 6.07) is 3.91. The summed E-state index contributed by atoms with van der Waals surface area (Å²) in [6.07, 6.45) is -0.211. The number of esters is 3. The number of cyclic esters (lactones) is 2. The summed E-state index contributed by atoms with van der Waals surface area (Å²) in [5, 5.41) is 16.7. The number of benzene rings is 1. The van der Waals surface area contributed by atoms with Gasteiger partial charge in [-0.15, -0.1) is 11.8 Å². The lowest BCUT2D eigenvalue weighted by Gasteiger charge is -2.17. The third-order valence-corrected chi connectivity index (χ3v) is 5.25. The third kappa shape index (κ3) is 5.32. The molecule has 1 aromatic rings. The summed E-state index contributed by atoms with van der Waals surface area (Å²) in [5.74, 6) is -4.40. The van der Waals surface area contributed by atoms with Crippen molar-refractivity contribution in [3.63, 3.8) is 0 Å². The second kappa shape index (κ2) is 9.36. The SMILES string of the molecule is CCC(CCSC(CC(=O)O)C(=O)O)OC(=O)c1ccc2c(c1)C(=O)OC2=O. The Labute approximate surface area is 164 Å². The van der Waals surface area contributed by atoms with Gasteiger partial charge < -0.3 is 19.7 Å². The number of hydrogen-bond donors (Lipinski definition) is 2. The summed E-state index contributed by atoms with van der Waals surface area (Å²) >= 11 is 0.971. The fourth-order valence-corrected chi connectivity index (χ4v) is 3.58. The first-order valence-corrected chi connectivity index (χ1v) is 9.45. The lowest BCUT2D eigenvalue weighted by molar-refractivity contribution is -0.142. The number of ether oxygens (including phenoxy) is 2. The number of rotatable bonds is 10. The predicted molar refractivity (Wildman–Crippen MR) is 96.4 cm³/mol. The first kappa shape index (κ1) is 21.4. The molecule has 9 nitrogen and oxygen atoms in total. The van der Waals surface area contributed by atoms with E-state index in [-0.39, 0.29) is 16.7 Å². The maximum absolute atomic E-state index is 12.3. The van der Waals surface area contributed by atoms with Gasteiger partial charge in [-0.1, -0.05) is 6.92 Å². The van der Waals surface area contributed by atoms with Gasteiger partial charge in [0.2, 0.25) is 0 Å². The Balaban J connectivity index is 1.94. The van der Waals surface area contributed by atoms with E-state index in [0.717, 1.165) is 11.8 Å². The van der Waals surface area contributed by atoms with Crippen molar-refractivity contribution in [2.45, 2.75) is 37.5 Å². The van der Waals surface area contributed by atoms with E-state index in [1.807, 2.05) is 0 Å². The molecule has 10 heteroatoms. The molecule has 2 rings (SSSR count). The van der Waals surface area contributed by atoms with Crippen molar-refractivity contribution in [3.8, 4) is 0 Å². The zero-order valence-corrected chi connectivity index (χ0v) is 15.7. The maximum atomic E-state index is 12.3. The predicted octanol–water partition coefficient (Wildman–Crippen LogP) is 1.98. The van der Waals surface area contributed by atoms with E-state index in [2.05, 4.69) is 4.74 Å². The fourth-order valence-electron chi connectivity index (χ4n) is 2.50. The Hall–Kier alpha value is -2.88. The molecule has 150 valence electrons. The van der Waals surface area contributed by atoms with E-state index in [4.69, 9.17) is 14.9 Å². The maximum Gasteiger partial charge on any atom is 0.346 e. The van der Waals surface area contributed by atoms with Crippen molar-refractivity contribution in [1.29, 1.82) is 0 Å². The molecule has 0 saturated carbocycles. The minimum absolute atomic E-state index is 0.000949. The number of aliphatic carboxylic acids is 2. The van der Waals surface area contributed by atoms with Crippen LogP contribution in [0.3, 0.4) is 0 Å². The topological polar surface area (TPSA) is 144 Å². The van der Waals surface area contributed by atoms with Crippen LogP contribution in [0, 0.1) is 0 Å². The molecule has 0 amide bonds. The van der Waals surface area contributed by atoms with E-state index in [1.165, 1.54) is 18.2 Å². The molecule has 1 heterocycles. The van der Waals surface area contributed by atoms with Gasteiger partial charge in [0, 0.05) is 0 Å². The van der Waals surface area contributed by atoms with Crippen LogP contribution in [0.2, 0.25) is 0 Å². The van der Waals surface area contributed by atoms with Gasteiger partial charge in [-0.05, 0) is 36.8 Å². The van der Waals surface area contributed by atoms with Crippen molar-refractivity contribution in [3.05, 3.63) is 34.9 Å². The molecule has 0 spiro atoms. The second-order valence-electron chi connectivity index (χ2n) is 5.96. The number of hydrogen-bond acceptors (Lipinski definition) is 8. The van der Waals surface area contributed by atoms with Gasteiger partial charge in [0.1, 0.15) is 11.4 Å². The summed E-state index contributed by atoms with van der Waals surface area (Å²) in [4.78, 5) is 57.1. The highest BCUT2D eigenvalue weighted by Crippen LogP contribution is 2.23. The van der Waals surface area contributed by atoms with Crippen LogP contribution < -0.4 is 0 Å². The molecule has 1 aliphatic rings. The van der Waals surface area contributed by atoms with Crippen LogP contribution in [-0.2, 0) is 19.1 Å². The number of carboxylic acids is 2. The van der Waals surface area contributed by atoms with Gasteiger partial charge >= 0.3 is 29.8 Å². The van der Waals surface area contributed by atoms with Crippen LogP contribution in [-0.4, -0.2) is 57.2 Å². The number of carbonyl (C=O) groups excluding carboxylic acids is 3. The molecule has 0 saturated heterocycles. The summed E-state index contributed by atoms with van der Waals surface area (Å²) in [6.45, 7) is 1.78. The number of carbonyl (C=O) groups is 5. The molecule has 0 bridgehead atoms. The van der Waals surface area contributed by atoms with Crippen molar-refractivity contribution in [2.75, 3.05) is 5.75 Å². The van der Waals surface area contributed by atoms with Gasteiger partial charge in [-0.2, -0.15) is 0 Å². The average Bonchev–Trinajstić information content (AvgIpc) is 2.92. The molecule has 2 atom stereocenters. The summed E-state index contributed by atoms with van der Waals surface area (Å²) in [7, 11) is 0. The standard InChI is InChI=1S/C18H18O9S/c1-2-10(5-6-28-13(15(21)22)8-14(19)20)26-16(23)9-3-4-11-12(7-9)18(25)27-17(11)24/h3-4,7,10,13H,2,5-6,8H2,1H3,(H,19,20)(H,21,22). The first-order valence-electron chi connectivity index (χ1n) is 8.40. The highest BCUT2D eigenvalue weighted by atomic mass is 32.2. The summed E-state index contributed by atoms with van der Waals surface area (Å²) in [5.41, 5.74) is 0.176. The highest BCUT2D eigenvalue weighted by Gasteiger charge is 2.31. The Morgan fingerprint density at radius 1 is 1.14 bits per heavy atom. The van der Waals surface area contributed by atoms with Crippen molar-refractivity contribution in [2.24, 2.45) is 0 Å². The molecular formula is C18H18O9S. The lowest BCUT2D eigenvalue weighted by Crippen LogP contribution is -2.23. The monoisotopic (exact) mass is 410 g/mol. The van der Waals surface area contributed by atoms with E-state index in [1.54, 1.807) is 6.92 Å². The van der Waals surface area contributed by atoms with Gasteiger partial charge in [0.05, 0.1) is 23.1 Å². The fraction of sp³-hybridized carbons (Fsp3) is 0.389. The van der Waals surface area contributed by atoms with E-state index in [0.29, 0.717) is 18.6 Å². The molecule has 2 N–H and O–H groups in total. The molecule has 0 radical (unpaired) electrons. The van der Waals surface area contributed by atoms with Crippen LogP contribution in [0.4, 0.5) is 0 Å². The zero-order valence-electron chi connectivity index (χ0n) is 14.9. The molecule has 28 heavy (non-hydrogen) atoms. The van der Waals surface area contributed by atoms with E-state index >= 15 is 0 Å². The Bertz CT molecular complexity index is 817. The molecule has 0 fully saturated rings. The largest absolute Gasteiger partial charge is 0.481 e. The van der Waals surface area contributed by atoms with E-state index < -0.39 is 47.6 Å². The Morgan fingerprint density at radius 3 is 2.43 bits per heavy atom. The van der Waals surface area contributed by atoms with Crippen LogP contribution >= 0.6 is 11.8 Å². The molecule has 1 aliphatic heterocycles. The number of fused-ring (bicyclic) bond motifs is 1. The quantitative estimate of drug-likeness (QED) is 0.434. The Morgan fingerprint density at radius 2 is 1.82 bits per heavy atom. The Kier molecular flexibility index (Phi) is 7.16. The second-order valence-corrected chi connectivity index (χ2v) is 7.27. The van der Waals surface area contributed by atoms with Crippen LogP contribution in [0.1, 0.15) is 57.3 Å². The minimum atomic E-state index is -1.21. The zero-order chi connectivity index (χ0) is 20.8. The molecule has 0 aliphatic carbocycles.